The number of methoxy groups -OCH3 is 1. The highest BCUT2D eigenvalue weighted by Crippen LogP contribution is 2.21. The van der Waals surface area contributed by atoms with Gasteiger partial charge in [0.2, 0.25) is 0 Å². The molecule has 0 saturated carbocycles. The number of ether oxygens (including phenoxy) is 1. The molecule has 0 rings (SSSR count). The van der Waals surface area contributed by atoms with E-state index in [1.807, 2.05) is 6.92 Å². The van der Waals surface area contributed by atoms with E-state index in [1.54, 1.807) is 28.4 Å². The fraction of sp³-hybridized carbons (Fsp3) is 0.917. The first-order chi connectivity index (χ1) is 8.59. The number of carbonyl (C=O) groups excluding carboxylic acids is 1. The molecule has 0 amide bonds. The highest BCUT2D eigenvalue weighted by atomic mass is 28.4. The van der Waals surface area contributed by atoms with Gasteiger partial charge in [-0.05, 0) is 18.8 Å². The van der Waals surface area contributed by atoms with Crippen molar-refractivity contribution in [3.63, 3.8) is 0 Å². The maximum Gasteiger partial charge on any atom is 0.500 e. The van der Waals surface area contributed by atoms with E-state index in [0.29, 0.717) is 6.42 Å². The molecule has 0 saturated heterocycles. The van der Waals surface area contributed by atoms with E-state index in [0.717, 1.165) is 25.2 Å². The number of carbonyl (C=O) groups is 1. The Morgan fingerprint density at radius 1 is 1.11 bits per heavy atom. The molecule has 108 valence electrons. The molecule has 2 atom stereocenters. The van der Waals surface area contributed by atoms with Gasteiger partial charge >= 0.3 is 8.80 Å². The summed E-state index contributed by atoms with van der Waals surface area (Å²) in [5.74, 6) is 0.233. The SMILES string of the molecule is COC(CCC[Si](OC)(OC)OC)C(C)CC=O. The van der Waals surface area contributed by atoms with Crippen molar-refractivity contribution in [1.82, 2.24) is 0 Å². The molecule has 0 heterocycles. The van der Waals surface area contributed by atoms with Crippen molar-refractivity contribution in [2.24, 2.45) is 5.92 Å². The quantitative estimate of drug-likeness (QED) is 0.427. The average molecular weight is 278 g/mol. The third kappa shape index (κ3) is 5.58. The van der Waals surface area contributed by atoms with E-state index >= 15 is 0 Å². The highest BCUT2D eigenvalue weighted by Gasteiger charge is 2.37. The van der Waals surface area contributed by atoms with Crippen LogP contribution in [0.15, 0.2) is 0 Å². The van der Waals surface area contributed by atoms with Crippen molar-refractivity contribution in [2.75, 3.05) is 28.4 Å². The molecular weight excluding hydrogens is 252 g/mol. The molecule has 0 aromatic rings. The first kappa shape index (κ1) is 17.7. The molecule has 0 fully saturated rings. The summed E-state index contributed by atoms with van der Waals surface area (Å²) < 4.78 is 21.5. The fourth-order valence-corrected chi connectivity index (χ4v) is 3.76. The highest BCUT2D eigenvalue weighted by molar-refractivity contribution is 6.60. The third-order valence-corrected chi connectivity index (χ3v) is 6.14. The Balaban J connectivity index is 4.16. The normalized spacial score (nSPS) is 15.4. The number of hydrogen-bond acceptors (Lipinski definition) is 5. The van der Waals surface area contributed by atoms with Crippen molar-refractivity contribution < 1.29 is 22.8 Å². The monoisotopic (exact) mass is 278 g/mol. The molecule has 0 spiro atoms. The van der Waals surface area contributed by atoms with Crippen molar-refractivity contribution >= 4 is 15.1 Å². The molecule has 18 heavy (non-hydrogen) atoms. The van der Waals surface area contributed by atoms with Crippen molar-refractivity contribution in [2.45, 2.75) is 38.3 Å². The first-order valence-corrected chi connectivity index (χ1v) is 8.14. The van der Waals surface area contributed by atoms with Gasteiger partial charge in [0.1, 0.15) is 6.29 Å². The smallest absolute Gasteiger partial charge is 0.381 e. The minimum absolute atomic E-state index is 0.0902. The number of hydrogen-bond donors (Lipinski definition) is 0. The lowest BCUT2D eigenvalue weighted by atomic mass is 9.98. The molecule has 0 bridgehead atoms. The fourth-order valence-electron chi connectivity index (χ4n) is 2.01. The topological polar surface area (TPSA) is 54.0 Å². The summed E-state index contributed by atoms with van der Waals surface area (Å²) in [5.41, 5.74) is 0. The molecule has 5 nitrogen and oxygen atoms in total. The Morgan fingerprint density at radius 2 is 1.67 bits per heavy atom. The van der Waals surface area contributed by atoms with Crippen LogP contribution in [0.25, 0.3) is 0 Å². The van der Waals surface area contributed by atoms with Gasteiger partial charge in [-0.15, -0.1) is 0 Å². The standard InChI is InChI=1S/C12H26O5Si/c1-11(8-9-13)12(14-2)7-6-10-18(15-3,16-4)17-5/h9,11-12H,6-8,10H2,1-5H3. The summed E-state index contributed by atoms with van der Waals surface area (Å²) in [6.45, 7) is 2.02. The van der Waals surface area contributed by atoms with Crippen LogP contribution in [0.2, 0.25) is 6.04 Å². The van der Waals surface area contributed by atoms with Gasteiger partial charge in [0.15, 0.2) is 0 Å². The molecule has 6 heteroatoms. The van der Waals surface area contributed by atoms with Gasteiger partial charge in [-0.3, -0.25) is 0 Å². The predicted molar refractivity (Wildman–Crippen MR) is 71.5 cm³/mol. The van der Waals surface area contributed by atoms with Crippen molar-refractivity contribution in [3.05, 3.63) is 0 Å². The maximum atomic E-state index is 10.5. The van der Waals surface area contributed by atoms with Crippen molar-refractivity contribution in [1.29, 1.82) is 0 Å². The van der Waals surface area contributed by atoms with Crippen LogP contribution in [0, 0.1) is 5.92 Å². The van der Waals surface area contributed by atoms with E-state index in [1.165, 1.54) is 0 Å². The third-order valence-electron chi connectivity index (χ3n) is 3.31. The van der Waals surface area contributed by atoms with Crippen molar-refractivity contribution in [3.8, 4) is 0 Å². The summed E-state index contributed by atoms with van der Waals surface area (Å²) >= 11 is 0. The van der Waals surface area contributed by atoms with Crippen LogP contribution in [0.3, 0.4) is 0 Å². The summed E-state index contributed by atoms with van der Waals surface area (Å²) in [5, 5.41) is 0. The zero-order valence-electron chi connectivity index (χ0n) is 12.1. The molecule has 0 N–H and O–H groups in total. The Hall–Kier alpha value is -0.273. The minimum atomic E-state index is -2.48. The largest absolute Gasteiger partial charge is 0.500 e. The minimum Gasteiger partial charge on any atom is -0.381 e. The number of aldehydes is 1. The Morgan fingerprint density at radius 3 is 2.06 bits per heavy atom. The van der Waals surface area contributed by atoms with E-state index in [4.69, 9.17) is 18.0 Å². The molecule has 0 aliphatic rings. The predicted octanol–water partition coefficient (Wildman–Crippen LogP) is 1.88. The molecular formula is C12H26O5Si. The summed E-state index contributed by atoms with van der Waals surface area (Å²) in [6.07, 6.45) is 3.32. The molecule has 0 aliphatic heterocycles. The van der Waals surface area contributed by atoms with Crippen LogP contribution < -0.4 is 0 Å². The van der Waals surface area contributed by atoms with Gasteiger partial charge in [-0.25, -0.2) is 0 Å². The molecule has 0 radical (unpaired) electrons. The van der Waals surface area contributed by atoms with Gasteiger partial charge in [0.05, 0.1) is 6.10 Å². The molecule has 0 aliphatic carbocycles. The zero-order valence-corrected chi connectivity index (χ0v) is 13.1. The lowest BCUT2D eigenvalue weighted by Gasteiger charge is -2.26. The average Bonchev–Trinajstić information content (AvgIpc) is 2.40. The van der Waals surface area contributed by atoms with Gasteiger partial charge < -0.3 is 22.8 Å². The second kappa shape index (κ2) is 9.63. The van der Waals surface area contributed by atoms with Crippen LogP contribution in [-0.4, -0.2) is 49.6 Å². The van der Waals surface area contributed by atoms with Crippen LogP contribution in [0.4, 0.5) is 0 Å². The van der Waals surface area contributed by atoms with E-state index in [-0.39, 0.29) is 12.0 Å². The van der Waals surface area contributed by atoms with Crippen LogP contribution >= 0.6 is 0 Å². The van der Waals surface area contributed by atoms with Crippen LogP contribution in [-0.2, 0) is 22.8 Å². The van der Waals surface area contributed by atoms with Gasteiger partial charge in [-0.1, -0.05) is 6.92 Å². The molecule has 2 unspecified atom stereocenters. The summed E-state index contributed by atoms with van der Waals surface area (Å²) in [4.78, 5) is 10.5. The maximum absolute atomic E-state index is 10.5. The van der Waals surface area contributed by atoms with E-state index in [9.17, 15) is 4.79 Å². The zero-order chi connectivity index (χ0) is 14.0. The molecule has 0 aromatic heterocycles. The Labute approximate surface area is 111 Å². The Kier molecular flexibility index (Phi) is 9.48. The van der Waals surface area contributed by atoms with E-state index < -0.39 is 8.80 Å². The second-order valence-electron chi connectivity index (χ2n) is 4.34. The summed E-state index contributed by atoms with van der Waals surface area (Å²) in [6, 6.07) is 0.754. The van der Waals surface area contributed by atoms with E-state index in [2.05, 4.69) is 0 Å². The second-order valence-corrected chi connectivity index (χ2v) is 7.43. The van der Waals surface area contributed by atoms with Gasteiger partial charge in [0.25, 0.3) is 0 Å². The van der Waals surface area contributed by atoms with Gasteiger partial charge in [0, 0.05) is 40.9 Å². The van der Waals surface area contributed by atoms with Crippen LogP contribution in [0.1, 0.15) is 26.2 Å². The Bertz CT molecular complexity index is 212. The molecule has 0 aromatic carbocycles. The lowest BCUT2D eigenvalue weighted by molar-refractivity contribution is -0.109. The first-order valence-electron chi connectivity index (χ1n) is 6.21. The van der Waals surface area contributed by atoms with Gasteiger partial charge in [-0.2, -0.15) is 0 Å². The lowest BCUT2D eigenvalue weighted by Crippen LogP contribution is -2.42. The summed E-state index contributed by atoms with van der Waals surface area (Å²) in [7, 11) is 4.04. The number of rotatable bonds is 11. The van der Waals surface area contributed by atoms with Crippen LogP contribution in [0.5, 0.6) is 0 Å².